The standard InChI is InChI=1S/C25H21FN4O2S2/c1-16(31)19-8-5-9-21(14-19)28-23(32)22(18-6-3-2-4-7-18)33-25-30-29-24(34-25)27-15-17-10-12-20(26)13-11-17/h2-14,22H,15H2,1H3,(H,27,29)(H,28,32). The van der Waals surface area contributed by atoms with Crippen LogP contribution >= 0.6 is 23.1 Å². The Morgan fingerprint density at radius 1 is 1.00 bits per heavy atom. The summed E-state index contributed by atoms with van der Waals surface area (Å²) in [5.41, 5.74) is 2.82. The first-order valence-electron chi connectivity index (χ1n) is 10.4. The van der Waals surface area contributed by atoms with Gasteiger partial charge in [0.05, 0.1) is 0 Å². The summed E-state index contributed by atoms with van der Waals surface area (Å²) in [7, 11) is 0. The molecule has 1 amide bonds. The van der Waals surface area contributed by atoms with E-state index in [4.69, 9.17) is 0 Å². The van der Waals surface area contributed by atoms with Crippen LogP contribution < -0.4 is 10.6 Å². The van der Waals surface area contributed by atoms with Crippen molar-refractivity contribution in [3.05, 3.63) is 101 Å². The summed E-state index contributed by atoms with van der Waals surface area (Å²) in [6, 6.07) is 22.5. The highest BCUT2D eigenvalue weighted by atomic mass is 32.2. The molecule has 0 fully saturated rings. The minimum atomic E-state index is -0.569. The van der Waals surface area contributed by atoms with E-state index in [-0.39, 0.29) is 17.5 Å². The maximum absolute atomic E-state index is 13.2. The predicted molar refractivity (Wildman–Crippen MR) is 134 cm³/mol. The van der Waals surface area contributed by atoms with Crippen LogP contribution in [0.1, 0.15) is 33.7 Å². The Morgan fingerprint density at radius 2 is 1.76 bits per heavy atom. The summed E-state index contributed by atoms with van der Waals surface area (Å²) in [5, 5.41) is 14.5. The monoisotopic (exact) mass is 492 g/mol. The van der Waals surface area contributed by atoms with E-state index in [9.17, 15) is 14.0 Å². The van der Waals surface area contributed by atoms with Crippen LogP contribution in [0.15, 0.2) is 83.2 Å². The van der Waals surface area contributed by atoms with Gasteiger partial charge in [0.15, 0.2) is 10.1 Å². The summed E-state index contributed by atoms with van der Waals surface area (Å²) in [6.45, 7) is 1.97. The van der Waals surface area contributed by atoms with Gasteiger partial charge in [0.2, 0.25) is 11.0 Å². The number of benzene rings is 3. The molecule has 0 aliphatic carbocycles. The van der Waals surface area contributed by atoms with E-state index in [1.54, 1.807) is 36.4 Å². The highest BCUT2D eigenvalue weighted by molar-refractivity contribution is 8.02. The molecule has 0 saturated carbocycles. The number of ketones is 1. The third kappa shape index (κ3) is 6.27. The molecule has 1 heterocycles. The lowest BCUT2D eigenvalue weighted by Gasteiger charge is -2.16. The van der Waals surface area contributed by atoms with E-state index in [1.165, 1.54) is 42.2 Å². The van der Waals surface area contributed by atoms with Crippen molar-refractivity contribution in [2.24, 2.45) is 0 Å². The van der Waals surface area contributed by atoms with Crippen LogP contribution in [-0.4, -0.2) is 21.9 Å². The van der Waals surface area contributed by atoms with Crippen LogP contribution in [0.5, 0.6) is 0 Å². The van der Waals surface area contributed by atoms with E-state index < -0.39 is 5.25 Å². The van der Waals surface area contributed by atoms with Gasteiger partial charge in [0, 0.05) is 17.8 Å². The van der Waals surface area contributed by atoms with Crippen LogP contribution in [0, 0.1) is 5.82 Å². The average molecular weight is 493 g/mol. The normalized spacial score (nSPS) is 11.6. The third-order valence-corrected chi connectivity index (χ3v) is 7.08. The van der Waals surface area contributed by atoms with Crippen LogP contribution in [0.25, 0.3) is 0 Å². The number of nitrogens with one attached hydrogen (secondary N) is 2. The third-order valence-electron chi connectivity index (χ3n) is 4.86. The smallest absolute Gasteiger partial charge is 0.242 e. The molecule has 1 unspecified atom stereocenters. The summed E-state index contributed by atoms with van der Waals surface area (Å²) in [4.78, 5) is 24.9. The molecule has 0 spiro atoms. The quantitative estimate of drug-likeness (QED) is 0.221. The second kappa shape index (κ2) is 11.0. The lowest BCUT2D eigenvalue weighted by Crippen LogP contribution is -2.19. The topological polar surface area (TPSA) is 84.0 Å². The summed E-state index contributed by atoms with van der Waals surface area (Å²) < 4.78 is 13.7. The number of thioether (sulfide) groups is 1. The second-order valence-electron chi connectivity index (χ2n) is 7.39. The van der Waals surface area contributed by atoms with Gasteiger partial charge >= 0.3 is 0 Å². The Morgan fingerprint density at radius 3 is 2.50 bits per heavy atom. The zero-order valence-corrected chi connectivity index (χ0v) is 19.8. The van der Waals surface area contributed by atoms with Crippen molar-refractivity contribution in [1.29, 1.82) is 0 Å². The molecule has 0 radical (unpaired) electrons. The molecule has 0 aliphatic rings. The zero-order valence-electron chi connectivity index (χ0n) is 18.2. The fourth-order valence-electron chi connectivity index (χ4n) is 3.13. The Hall–Kier alpha value is -3.56. The molecular weight excluding hydrogens is 471 g/mol. The molecule has 2 N–H and O–H groups in total. The van der Waals surface area contributed by atoms with Crippen LogP contribution in [0.3, 0.4) is 0 Å². The van der Waals surface area contributed by atoms with Gasteiger partial charge in [-0.15, -0.1) is 10.2 Å². The first kappa shape index (κ1) is 23.6. The summed E-state index contributed by atoms with van der Waals surface area (Å²) in [6.07, 6.45) is 0. The number of nitrogens with zero attached hydrogens (tertiary/aromatic N) is 2. The lowest BCUT2D eigenvalue weighted by atomic mass is 10.1. The van der Waals surface area contributed by atoms with Gasteiger partial charge in [-0.1, -0.05) is 77.7 Å². The largest absolute Gasteiger partial charge is 0.356 e. The molecule has 3 aromatic carbocycles. The van der Waals surface area contributed by atoms with E-state index in [1.807, 2.05) is 30.3 Å². The Bertz CT molecular complexity index is 1280. The molecule has 4 rings (SSSR count). The molecule has 9 heteroatoms. The van der Waals surface area contributed by atoms with Gasteiger partial charge in [-0.3, -0.25) is 9.59 Å². The van der Waals surface area contributed by atoms with Gasteiger partial charge < -0.3 is 10.6 Å². The maximum Gasteiger partial charge on any atom is 0.242 e. The fourth-order valence-corrected chi connectivity index (χ4v) is 5.07. The minimum absolute atomic E-state index is 0.0698. The zero-order chi connectivity index (χ0) is 23.9. The van der Waals surface area contributed by atoms with Crippen LogP contribution in [0.2, 0.25) is 0 Å². The van der Waals surface area contributed by atoms with Gasteiger partial charge in [-0.2, -0.15) is 0 Å². The minimum Gasteiger partial charge on any atom is -0.356 e. The molecule has 0 saturated heterocycles. The van der Waals surface area contributed by atoms with Crippen LogP contribution in [-0.2, 0) is 11.3 Å². The van der Waals surface area contributed by atoms with Crippen molar-refractivity contribution in [2.75, 3.05) is 10.6 Å². The molecular formula is C25H21FN4O2S2. The Labute approximate surface area is 204 Å². The number of carbonyl (C=O) groups is 2. The number of carbonyl (C=O) groups excluding carboxylic acids is 2. The molecule has 172 valence electrons. The van der Waals surface area contributed by atoms with E-state index in [0.717, 1.165) is 11.1 Å². The first-order chi connectivity index (χ1) is 16.5. The summed E-state index contributed by atoms with van der Waals surface area (Å²) in [5.74, 6) is -0.580. The van der Waals surface area contributed by atoms with Crippen molar-refractivity contribution in [2.45, 2.75) is 23.1 Å². The number of amides is 1. The van der Waals surface area contributed by atoms with Crippen molar-refractivity contribution >= 4 is 45.6 Å². The Balaban J connectivity index is 1.47. The van der Waals surface area contributed by atoms with Gasteiger partial charge in [0.1, 0.15) is 11.1 Å². The maximum atomic E-state index is 13.2. The SMILES string of the molecule is CC(=O)c1cccc(NC(=O)C(Sc2nnc(NCc3ccc(F)cc3)s2)c2ccccc2)c1. The average Bonchev–Trinajstić information content (AvgIpc) is 3.30. The Kier molecular flexibility index (Phi) is 7.66. The molecule has 0 aliphatic heterocycles. The fraction of sp³-hybridized carbons (Fsp3) is 0.120. The predicted octanol–water partition coefficient (Wildman–Crippen LogP) is 5.96. The molecule has 34 heavy (non-hydrogen) atoms. The van der Waals surface area contributed by atoms with E-state index in [2.05, 4.69) is 20.8 Å². The second-order valence-corrected chi connectivity index (χ2v) is 9.72. The van der Waals surface area contributed by atoms with E-state index in [0.29, 0.717) is 27.3 Å². The number of Topliss-reactive ketones (excluding diaryl/α,β-unsaturated/α-hetero) is 1. The highest BCUT2D eigenvalue weighted by Crippen LogP contribution is 2.38. The van der Waals surface area contributed by atoms with Gasteiger partial charge in [-0.25, -0.2) is 4.39 Å². The molecule has 1 atom stereocenters. The molecule has 1 aromatic heterocycles. The number of anilines is 2. The van der Waals surface area contributed by atoms with Gasteiger partial charge in [-0.05, 0) is 42.3 Å². The van der Waals surface area contributed by atoms with Crippen molar-refractivity contribution < 1.29 is 14.0 Å². The van der Waals surface area contributed by atoms with E-state index >= 15 is 0 Å². The summed E-state index contributed by atoms with van der Waals surface area (Å²) >= 11 is 2.64. The van der Waals surface area contributed by atoms with Crippen LogP contribution in [0.4, 0.5) is 15.2 Å². The number of rotatable bonds is 9. The number of hydrogen-bond donors (Lipinski definition) is 2. The highest BCUT2D eigenvalue weighted by Gasteiger charge is 2.24. The number of aromatic nitrogens is 2. The first-order valence-corrected chi connectivity index (χ1v) is 12.1. The number of halogens is 1. The lowest BCUT2D eigenvalue weighted by molar-refractivity contribution is -0.115. The van der Waals surface area contributed by atoms with Crippen molar-refractivity contribution in [3.8, 4) is 0 Å². The van der Waals surface area contributed by atoms with Crippen molar-refractivity contribution in [3.63, 3.8) is 0 Å². The van der Waals surface area contributed by atoms with Gasteiger partial charge in [0.25, 0.3) is 0 Å². The van der Waals surface area contributed by atoms with Crippen molar-refractivity contribution in [1.82, 2.24) is 10.2 Å². The molecule has 6 nitrogen and oxygen atoms in total. The number of hydrogen-bond acceptors (Lipinski definition) is 7. The molecule has 4 aromatic rings. The molecule has 0 bridgehead atoms.